The van der Waals surface area contributed by atoms with Crippen molar-refractivity contribution in [2.75, 3.05) is 13.7 Å². The van der Waals surface area contributed by atoms with E-state index in [9.17, 15) is 5.11 Å². The van der Waals surface area contributed by atoms with Crippen molar-refractivity contribution in [3.05, 3.63) is 11.3 Å². The molecule has 1 aromatic rings. The summed E-state index contributed by atoms with van der Waals surface area (Å²) in [4.78, 5) is 0. The second kappa shape index (κ2) is 7.50. The molecule has 0 spiro atoms. The zero-order valence-electron chi connectivity index (χ0n) is 12.7. The Morgan fingerprint density at radius 2 is 2.11 bits per heavy atom. The molecule has 0 aliphatic carbocycles. The number of hydrogen-bond donors (Lipinski definition) is 2. The third kappa shape index (κ3) is 4.21. The van der Waals surface area contributed by atoms with Crippen LogP contribution in [0.15, 0.2) is 0 Å². The third-order valence-electron chi connectivity index (χ3n) is 3.24. The molecule has 0 saturated heterocycles. The highest BCUT2D eigenvalue weighted by molar-refractivity contribution is 5.31. The number of aromatic nitrogens is 2. The van der Waals surface area contributed by atoms with E-state index in [0.717, 1.165) is 30.0 Å². The van der Waals surface area contributed by atoms with Gasteiger partial charge in [0.05, 0.1) is 25.0 Å². The van der Waals surface area contributed by atoms with Crippen molar-refractivity contribution in [2.45, 2.75) is 46.2 Å². The molecular formula is C14H27N3O2. The van der Waals surface area contributed by atoms with Gasteiger partial charge in [0.1, 0.15) is 0 Å². The van der Waals surface area contributed by atoms with Crippen molar-refractivity contribution in [1.29, 1.82) is 0 Å². The van der Waals surface area contributed by atoms with Crippen molar-refractivity contribution in [3.63, 3.8) is 0 Å². The van der Waals surface area contributed by atoms with Crippen molar-refractivity contribution >= 4 is 0 Å². The molecule has 0 radical (unpaired) electrons. The van der Waals surface area contributed by atoms with Gasteiger partial charge in [0.25, 0.3) is 0 Å². The van der Waals surface area contributed by atoms with E-state index in [2.05, 4.69) is 31.2 Å². The number of nitrogens with one attached hydrogen (secondary N) is 1. The Labute approximate surface area is 116 Å². The van der Waals surface area contributed by atoms with Gasteiger partial charge in [0.2, 0.25) is 5.88 Å². The molecule has 5 nitrogen and oxygen atoms in total. The lowest BCUT2D eigenvalue weighted by molar-refractivity contribution is 0.223. The lowest BCUT2D eigenvalue weighted by Crippen LogP contribution is -2.33. The van der Waals surface area contributed by atoms with Crippen LogP contribution in [0.25, 0.3) is 0 Å². The van der Waals surface area contributed by atoms with Gasteiger partial charge in [-0.1, -0.05) is 20.8 Å². The molecule has 0 aromatic carbocycles. The fraction of sp³-hybridized carbons (Fsp3) is 0.786. The number of hydrogen-bond acceptors (Lipinski definition) is 4. The lowest BCUT2D eigenvalue weighted by Gasteiger charge is -2.18. The monoisotopic (exact) mass is 269 g/mol. The van der Waals surface area contributed by atoms with Crippen LogP contribution in [0.1, 0.15) is 38.4 Å². The number of nitrogens with zero attached hydrogens (tertiary/aromatic N) is 2. The second-order valence-electron chi connectivity index (χ2n) is 5.30. The summed E-state index contributed by atoms with van der Waals surface area (Å²) in [5, 5.41) is 17.2. The summed E-state index contributed by atoms with van der Waals surface area (Å²) in [6, 6.07) is 0.120. The van der Waals surface area contributed by atoms with Crippen LogP contribution >= 0.6 is 0 Å². The van der Waals surface area contributed by atoms with Crippen LogP contribution in [-0.4, -0.2) is 34.6 Å². The minimum absolute atomic E-state index is 0.120. The number of methoxy groups -OCH3 is 1. The first-order valence-corrected chi connectivity index (χ1v) is 6.96. The van der Waals surface area contributed by atoms with Crippen LogP contribution < -0.4 is 10.1 Å². The Bertz CT molecular complexity index is 388. The van der Waals surface area contributed by atoms with Crippen LogP contribution in [0, 0.1) is 5.92 Å². The first-order chi connectivity index (χ1) is 9.03. The standard InChI is InChI=1S/C14H27N3O2/c1-6-13-12(14(19-5)17(4)16-13)8-15-11(9-18)7-10(2)3/h10-11,15,18H,6-9H2,1-5H3. The van der Waals surface area contributed by atoms with E-state index in [-0.39, 0.29) is 12.6 Å². The predicted molar refractivity (Wildman–Crippen MR) is 76.3 cm³/mol. The highest BCUT2D eigenvalue weighted by Gasteiger charge is 2.17. The summed E-state index contributed by atoms with van der Waals surface area (Å²) in [5.74, 6) is 1.36. The van der Waals surface area contributed by atoms with Gasteiger partial charge in [-0.05, 0) is 18.8 Å². The Balaban J connectivity index is 2.75. The number of ether oxygens (including phenoxy) is 1. The maximum absolute atomic E-state index is 9.40. The first kappa shape index (κ1) is 16.0. The van der Waals surface area contributed by atoms with E-state index in [1.54, 1.807) is 11.8 Å². The Kier molecular flexibility index (Phi) is 6.31. The molecule has 1 rings (SSSR count). The number of aryl methyl sites for hydroxylation is 2. The van der Waals surface area contributed by atoms with Crippen molar-refractivity contribution in [2.24, 2.45) is 13.0 Å². The first-order valence-electron chi connectivity index (χ1n) is 6.96. The molecule has 0 bridgehead atoms. The van der Waals surface area contributed by atoms with Crippen molar-refractivity contribution < 1.29 is 9.84 Å². The maximum Gasteiger partial charge on any atom is 0.216 e. The summed E-state index contributed by atoms with van der Waals surface area (Å²) >= 11 is 0. The van der Waals surface area contributed by atoms with Crippen LogP contribution in [0.2, 0.25) is 0 Å². The molecule has 0 aliphatic heterocycles. The zero-order chi connectivity index (χ0) is 14.4. The number of rotatable bonds is 8. The van der Waals surface area contributed by atoms with E-state index in [4.69, 9.17) is 4.74 Å². The maximum atomic E-state index is 9.40. The lowest BCUT2D eigenvalue weighted by atomic mass is 10.0. The highest BCUT2D eigenvalue weighted by atomic mass is 16.5. The molecule has 0 aliphatic rings. The molecule has 0 amide bonds. The van der Waals surface area contributed by atoms with Crippen LogP contribution in [0.5, 0.6) is 5.88 Å². The molecule has 5 heteroatoms. The quantitative estimate of drug-likeness (QED) is 0.750. The topological polar surface area (TPSA) is 59.3 Å². The molecule has 110 valence electrons. The minimum Gasteiger partial charge on any atom is -0.481 e. The average Bonchev–Trinajstić information content (AvgIpc) is 2.69. The van der Waals surface area contributed by atoms with Crippen LogP contribution in [-0.2, 0) is 20.0 Å². The van der Waals surface area contributed by atoms with Gasteiger partial charge < -0.3 is 15.2 Å². The average molecular weight is 269 g/mol. The van der Waals surface area contributed by atoms with Gasteiger partial charge in [-0.15, -0.1) is 0 Å². The Morgan fingerprint density at radius 1 is 1.42 bits per heavy atom. The largest absolute Gasteiger partial charge is 0.481 e. The van der Waals surface area contributed by atoms with Crippen LogP contribution in [0.3, 0.4) is 0 Å². The Morgan fingerprint density at radius 3 is 2.58 bits per heavy atom. The molecule has 1 atom stereocenters. The molecule has 19 heavy (non-hydrogen) atoms. The van der Waals surface area contributed by atoms with Crippen molar-refractivity contribution in [1.82, 2.24) is 15.1 Å². The highest BCUT2D eigenvalue weighted by Crippen LogP contribution is 2.22. The van der Waals surface area contributed by atoms with Gasteiger partial charge in [-0.25, -0.2) is 4.68 Å². The van der Waals surface area contributed by atoms with Gasteiger partial charge in [0, 0.05) is 19.6 Å². The SMILES string of the molecule is CCc1nn(C)c(OC)c1CNC(CO)CC(C)C. The summed E-state index contributed by atoms with van der Waals surface area (Å²) in [6.45, 7) is 7.24. The van der Waals surface area contributed by atoms with Gasteiger partial charge in [-0.3, -0.25) is 0 Å². The summed E-state index contributed by atoms with van der Waals surface area (Å²) in [6.07, 6.45) is 1.84. The molecular weight excluding hydrogens is 242 g/mol. The summed E-state index contributed by atoms with van der Waals surface area (Å²) < 4.78 is 7.17. The van der Waals surface area contributed by atoms with E-state index >= 15 is 0 Å². The fourth-order valence-electron chi connectivity index (χ4n) is 2.36. The molecule has 1 unspecified atom stereocenters. The fourth-order valence-corrected chi connectivity index (χ4v) is 2.36. The smallest absolute Gasteiger partial charge is 0.216 e. The minimum atomic E-state index is 0.120. The van der Waals surface area contributed by atoms with E-state index in [1.807, 2.05) is 7.05 Å². The normalized spacial score (nSPS) is 13.0. The van der Waals surface area contributed by atoms with E-state index in [1.165, 1.54) is 0 Å². The molecule has 1 aromatic heterocycles. The van der Waals surface area contributed by atoms with E-state index in [0.29, 0.717) is 12.5 Å². The van der Waals surface area contributed by atoms with Gasteiger partial charge in [-0.2, -0.15) is 5.10 Å². The van der Waals surface area contributed by atoms with Gasteiger partial charge >= 0.3 is 0 Å². The number of aliphatic hydroxyl groups excluding tert-OH is 1. The third-order valence-corrected chi connectivity index (χ3v) is 3.24. The van der Waals surface area contributed by atoms with E-state index < -0.39 is 0 Å². The van der Waals surface area contributed by atoms with Crippen molar-refractivity contribution in [3.8, 4) is 5.88 Å². The Hall–Kier alpha value is -1.07. The molecule has 0 saturated carbocycles. The number of aliphatic hydroxyl groups is 1. The van der Waals surface area contributed by atoms with Crippen LogP contribution in [0.4, 0.5) is 0 Å². The molecule has 0 fully saturated rings. The second-order valence-corrected chi connectivity index (χ2v) is 5.30. The zero-order valence-corrected chi connectivity index (χ0v) is 12.7. The molecule has 2 N–H and O–H groups in total. The van der Waals surface area contributed by atoms with Gasteiger partial charge in [0.15, 0.2) is 0 Å². The summed E-state index contributed by atoms with van der Waals surface area (Å²) in [7, 11) is 3.55. The predicted octanol–water partition coefficient (Wildman–Crippen LogP) is 1.49. The molecule has 1 heterocycles. The summed E-state index contributed by atoms with van der Waals surface area (Å²) in [5.41, 5.74) is 2.14.